The third kappa shape index (κ3) is 39.5. The SMILES string of the molecule is CC(C)=CCCC(C)CCOC(=O)CCCCCCCN(CCO)CCCCCCOC(=O)CCC(OCCC(C)CCC=C(C)C)OCCC(C)CCC=C(C)C. The number of esters is 2. The van der Waals surface area contributed by atoms with Gasteiger partial charge in [-0.3, -0.25) is 9.59 Å². The summed E-state index contributed by atoms with van der Waals surface area (Å²) in [6.07, 6.45) is 26.8. The summed E-state index contributed by atoms with van der Waals surface area (Å²) >= 11 is 0. The first-order chi connectivity index (χ1) is 27.8. The Morgan fingerprint density at radius 2 is 0.897 bits per heavy atom. The van der Waals surface area contributed by atoms with Crippen LogP contribution in [0.1, 0.15) is 197 Å². The number of allylic oxidation sites excluding steroid dienone is 6. The van der Waals surface area contributed by atoms with Crippen molar-refractivity contribution in [3.8, 4) is 0 Å². The molecule has 0 radical (unpaired) electrons. The summed E-state index contributed by atoms with van der Waals surface area (Å²) in [4.78, 5) is 27.1. The van der Waals surface area contributed by atoms with Crippen molar-refractivity contribution in [2.75, 3.05) is 52.7 Å². The molecule has 340 valence electrons. The lowest BCUT2D eigenvalue weighted by Gasteiger charge is -2.21. The number of carbonyl (C=O) groups excluding carboxylic acids is 2. The Bertz CT molecular complexity index is 1040. The average Bonchev–Trinajstić information content (AvgIpc) is 3.15. The van der Waals surface area contributed by atoms with E-state index in [2.05, 4.69) is 85.4 Å². The van der Waals surface area contributed by atoms with Gasteiger partial charge in [-0.1, -0.05) is 87.8 Å². The highest BCUT2D eigenvalue weighted by Gasteiger charge is 2.15. The molecule has 0 rings (SSSR count). The molecule has 0 aliphatic heterocycles. The van der Waals surface area contributed by atoms with Crippen molar-refractivity contribution in [3.63, 3.8) is 0 Å². The molecule has 8 nitrogen and oxygen atoms in total. The van der Waals surface area contributed by atoms with Gasteiger partial charge in [-0.05, 0) is 156 Å². The first-order valence-electron chi connectivity index (χ1n) is 23.6. The Balaban J connectivity index is 4.23. The molecule has 0 bridgehead atoms. The summed E-state index contributed by atoms with van der Waals surface area (Å²) in [7, 11) is 0. The number of ether oxygens (including phenoxy) is 4. The number of aliphatic hydroxyl groups is 1. The Morgan fingerprint density at radius 3 is 1.38 bits per heavy atom. The van der Waals surface area contributed by atoms with Crippen LogP contribution in [0.4, 0.5) is 0 Å². The molecule has 0 aliphatic carbocycles. The van der Waals surface area contributed by atoms with E-state index < -0.39 is 0 Å². The number of unbranched alkanes of at least 4 members (excludes halogenated alkanes) is 7. The minimum atomic E-state index is -0.383. The lowest BCUT2D eigenvalue weighted by molar-refractivity contribution is -0.161. The largest absolute Gasteiger partial charge is 0.466 e. The van der Waals surface area contributed by atoms with Crippen LogP contribution in [0.2, 0.25) is 0 Å². The van der Waals surface area contributed by atoms with Crippen molar-refractivity contribution in [1.82, 2.24) is 4.90 Å². The van der Waals surface area contributed by atoms with E-state index in [1.165, 1.54) is 16.7 Å². The molecular weight excluding hydrogens is 727 g/mol. The Kier molecular flexibility index (Phi) is 37.8. The second-order valence-corrected chi connectivity index (χ2v) is 17.9. The van der Waals surface area contributed by atoms with Crippen molar-refractivity contribution < 1.29 is 33.6 Å². The van der Waals surface area contributed by atoms with Gasteiger partial charge < -0.3 is 29.0 Å². The van der Waals surface area contributed by atoms with E-state index in [1.807, 2.05) is 0 Å². The second kappa shape index (κ2) is 39.2. The van der Waals surface area contributed by atoms with Crippen LogP contribution in [0.15, 0.2) is 34.9 Å². The third-order valence-electron chi connectivity index (χ3n) is 10.8. The highest BCUT2D eigenvalue weighted by Crippen LogP contribution is 2.17. The molecule has 3 unspecified atom stereocenters. The number of rotatable bonds is 40. The summed E-state index contributed by atoms with van der Waals surface area (Å²) in [6, 6.07) is 0. The lowest BCUT2D eigenvalue weighted by atomic mass is 10.0. The van der Waals surface area contributed by atoms with Gasteiger partial charge in [0.25, 0.3) is 0 Å². The van der Waals surface area contributed by atoms with E-state index in [0.717, 1.165) is 129 Å². The van der Waals surface area contributed by atoms with E-state index in [-0.39, 0.29) is 24.8 Å². The van der Waals surface area contributed by atoms with Crippen LogP contribution < -0.4 is 0 Å². The molecule has 0 spiro atoms. The normalized spacial score (nSPS) is 13.4. The maximum Gasteiger partial charge on any atom is 0.305 e. The number of nitrogens with zero attached hydrogens (tertiary/aromatic N) is 1. The van der Waals surface area contributed by atoms with E-state index in [0.29, 0.717) is 70.0 Å². The van der Waals surface area contributed by atoms with Crippen molar-refractivity contribution in [2.24, 2.45) is 17.8 Å². The maximum atomic E-state index is 12.6. The molecule has 0 heterocycles. The Hall–Kier alpha value is -2.00. The predicted octanol–water partition coefficient (Wildman–Crippen LogP) is 12.7. The van der Waals surface area contributed by atoms with E-state index >= 15 is 0 Å². The van der Waals surface area contributed by atoms with Gasteiger partial charge in [0.05, 0.1) is 26.2 Å². The molecule has 0 aliphatic rings. The molecule has 0 aromatic heterocycles. The quantitative estimate of drug-likeness (QED) is 0.0283. The molecule has 0 fully saturated rings. The minimum absolute atomic E-state index is 0.0625. The molecule has 58 heavy (non-hydrogen) atoms. The van der Waals surface area contributed by atoms with Gasteiger partial charge in [0.2, 0.25) is 0 Å². The molecule has 0 amide bonds. The zero-order valence-corrected chi connectivity index (χ0v) is 39.4. The van der Waals surface area contributed by atoms with E-state index in [9.17, 15) is 14.7 Å². The fourth-order valence-electron chi connectivity index (χ4n) is 6.76. The van der Waals surface area contributed by atoms with Gasteiger partial charge in [-0.25, -0.2) is 0 Å². The van der Waals surface area contributed by atoms with Crippen LogP contribution in [-0.2, 0) is 28.5 Å². The summed E-state index contributed by atoms with van der Waals surface area (Å²) in [5.74, 6) is 1.48. The molecule has 0 saturated carbocycles. The highest BCUT2D eigenvalue weighted by atomic mass is 16.7. The maximum absolute atomic E-state index is 12.6. The van der Waals surface area contributed by atoms with Gasteiger partial charge >= 0.3 is 11.9 Å². The fraction of sp³-hybridized carbons (Fsp3) is 0.840. The summed E-state index contributed by atoms with van der Waals surface area (Å²) in [5, 5.41) is 9.57. The summed E-state index contributed by atoms with van der Waals surface area (Å²) < 4.78 is 23.4. The molecular formula is C50H93NO7. The van der Waals surface area contributed by atoms with Gasteiger partial charge in [-0.15, -0.1) is 0 Å². The van der Waals surface area contributed by atoms with Gasteiger partial charge in [0.1, 0.15) is 0 Å². The molecule has 1 N–H and O–H groups in total. The zero-order valence-electron chi connectivity index (χ0n) is 39.4. The van der Waals surface area contributed by atoms with Crippen LogP contribution in [0.5, 0.6) is 0 Å². The highest BCUT2D eigenvalue weighted by molar-refractivity contribution is 5.69. The standard InChI is InChI=1S/C50H93NO7/c1-42(2)22-19-25-45(7)31-39-56-48(53)28-15-11-10-12-16-34-51(36-37-52)35-17-13-14-18-38-55-49(54)29-30-50(57-40-32-46(8)26-20-23-43(3)4)58-41-33-47(9)27-21-24-44(5)6/h22-24,45-47,50,52H,10-21,25-41H2,1-9H3. The first kappa shape index (κ1) is 56.0. The second-order valence-electron chi connectivity index (χ2n) is 17.9. The zero-order chi connectivity index (χ0) is 43.2. The predicted molar refractivity (Wildman–Crippen MR) is 244 cm³/mol. The Morgan fingerprint density at radius 1 is 0.483 bits per heavy atom. The molecule has 8 heteroatoms. The molecule has 0 aromatic rings. The Labute approximate surface area is 358 Å². The van der Waals surface area contributed by atoms with Crippen molar-refractivity contribution >= 4 is 11.9 Å². The third-order valence-corrected chi connectivity index (χ3v) is 10.8. The monoisotopic (exact) mass is 820 g/mol. The van der Waals surface area contributed by atoms with Crippen molar-refractivity contribution in [1.29, 1.82) is 0 Å². The van der Waals surface area contributed by atoms with Crippen LogP contribution in [0.25, 0.3) is 0 Å². The van der Waals surface area contributed by atoms with Crippen LogP contribution in [0, 0.1) is 17.8 Å². The molecule has 0 saturated heterocycles. The molecule has 3 atom stereocenters. The topological polar surface area (TPSA) is 94.5 Å². The summed E-state index contributed by atoms with van der Waals surface area (Å²) in [5.41, 5.74) is 4.09. The summed E-state index contributed by atoms with van der Waals surface area (Å²) in [6.45, 7) is 24.7. The lowest BCUT2D eigenvalue weighted by Crippen LogP contribution is -2.29. The fourth-order valence-corrected chi connectivity index (χ4v) is 6.76. The van der Waals surface area contributed by atoms with E-state index in [1.54, 1.807) is 0 Å². The van der Waals surface area contributed by atoms with Gasteiger partial charge in [0.15, 0.2) is 6.29 Å². The van der Waals surface area contributed by atoms with Crippen LogP contribution in [-0.4, -0.2) is 80.9 Å². The van der Waals surface area contributed by atoms with E-state index in [4.69, 9.17) is 18.9 Å². The smallest absolute Gasteiger partial charge is 0.305 e. The molecule has 0 aromatic carbocycles. The van der Waals surface area contributed by atoms with Gasteiger partial charge in [0, 0.05) is 32.6 Å². The number of hydrogen-bond donors (Lipinski definition) is 1. The number of hydrogen-bond acceptors (Lipinski definition) is 8. The first-order valence-corrected chi connectivity index (χ1v) is 23.6. The average molecular weight is 820 g/mol. The van der Waals surface area contributed by atoms with Gasteiger partial charge in [-0.2, -0.15) is 0 Å². The van der Waals surface area contributed by atoms with Crippen LogP contribution >= 0.6 is 0 Å². The number of aliphatic hydroxyl groups excluding tert-OH is 1. The van der Waals surface area contributed by atoms with Crippen molar-refractivity contribution in [2.45, 2.75) is 203 Å². The minimum Gasteiger partial charge on any atom is -0.466 e. The van der Waals surface area contributed by atoms with Crippen molar-refractivity contribution in [3.05, 3.63) is 34.9 Å². The number of carbonyl (C=O) groups is 2. The van der Waals surface area contributed by atoms with Crippen LogP contribution in [0.3, 0.4) is 0 Å².